The van der Waals surface area contributed by atoms with Gasteiger partial charge in [0.15, 0.2) is 11.5 Å². The van der Waals surface area contributed by atoms with Crippen LogP contribution < -0.4 is 14.8 Å². The summed E-state index contributed by atoms with van der Waals surface area (Å²) in [4.78, 5) is 12.0. The fourth-order valence-electron chi connectivity index (χ4n) is 2.26. The Hall–Kier alpha value is -2.20. The van der Waals surface area contributed by atoms with Crippen molar-refractivity contribution in [3.8, 4) is 23.8 Å². The first kappa shape index (κ1) is 19.1. The smallest absolute Gasteiger partial charge is 0.220 e. The van der Waals surface area contributed by atoms with E-state index in [0.29, 0.717) is 30.9 Å². The number of amides is 1. The summed E-state index contributed by atoms with van der Waals surface area (Å²) in [6.45, 7) is 0.731. The molecule has 4 nitrogen and oxygen atoms in total. The van der Waals surface area contributed by atoms with Crippen LogP contribution in [0.15, 0.2) is 42.5 Å². The molecule has 0 saturated carbocycles. The van der Waals surface area contributed by atoms with Crippen LogP contribution in [-0.4, -0.2) is 19.6 Å². The lowest BCUT2D eigenvalue weighted by Gasteiger charge is -2.11. The predicted octanol–water partition coefficient (Wildman–Crippen LogP) is 3.56. The van der Waals surface area contributed by atoms with E-state index in [4.69, 9.17) is 15.9 Å². The summed E-state index contributed by atoms with van der Waals surface area (Å²) in [5, 5.41) is 2.94. The summed E-state index contributed by atoms with van der Waals surface area (Å²) >= 11 is 2.26. The molecule has 0 aliphatic rings. The van der Waals surface area contributed by atoms with Gasteiger partial charge in [-0.2, -0.15) is 0 Å². The normalized spacial score (nSPS) is 9.96. The van der Waals surface area contributed by atoms with Crippen molar-refractivity contribution in [2.45, 2.75) is 19.4 Å². The predicted molar refractivity (Wildman–Crippen MR) is 107 cm³/mol. The molecular formula is C20H20INO3. The molecular weight excluding hydrogens is 429 g/mol. The number of benzene rings is 2. The number of hydrogen-bond donors (Lipinski definition) is 1. The van der Waals surface area contributed by atoms with Crippen molar-refractivity contribution in [2.24, 2.45) is 0 Å². The van der Waals surface area contributed by atoms with Gasteiger partial charge in [-0.25, -0.2) is 0 Å². The van der Waals surface area contributed by atoms with Gasteiger partial charge in [-0.1, -0.05) is 24.1 Å². The summed E-state index contributed by atoms with van der Waals surface area (Å²) in [5.74, 6) is 3.66. The third kappa shape index (κ3) is 6.31. The van der Waals surface area contributed by atoms with E-state index in [9.17, 15) is 4.79 Å². The molecule has 0 aliphatic heterocycles. The highest BCUT2D eigenvalue weighted by Crippen LogP contribution is 2.28. The molecule has 0 bridgehead atoms. The number of terminal acetylenes is 1. The third-order valence-corrected chi connectivity index (χ3v) is 4.30. The minimum atomic E-state index is 0.0187. The summed E-state index contributed by atoms with van der Waals surface area (Å²) < 4.78 is 11.9. The first-order valence-electron chi connectivity index (χ1n) is 7.86. The molecule has 0 fully saturated rings. The average molecular weight is 449 g/mol. The molecule has 25 heavy (non-hydrogen) atoms. The van der Waals surface area contributed by atoms with Gasteiger partial charge in [0.1, 0.15) is 6.61 Å². The van der Waals surface area contributed by atoms with Gasteiger partial charge in [0.05, 0.1) is 7.11 Å². The lowest BCUT2D eigenvalue weighted by Crippen LogP contribution is -2.22. The second-order valence-electron chi connectivity index (χ2n) is 5.38. The highest BCUT2D eigenvalue weighted by Gasteiger charge is 2.08. The van der Waals surface area contributed by atoms with Crippen molar-refractivity contribution in [1.82, 2.24) is 5.32 Å². The topological polar surface area (TPSA) is 47.6 Å². The number of rotatable bonds is 8. The molecule has 1 amide bonds. The van der Waals surface area contributed by atoms with E-state index < -0.39 is 0 Å². The molecule has 2 aromatic rings. The van der Waals surface area contributed by atoms with Gasteiger partial charge < -0.3 is 14.8 Å². The molecule has 0 heterocycles. The van der Waals surface area contributed by atoms with Crippen LogP contribution in [0.4, 0.5) is 0 Å². The molecule has 0 aliphatic carbocycles. The minimum Gasteiger partial charge on any atom is -0.493 e. The van der Waals surface area contributed by atoms with Crippen LogP contribution >= 0.6 is 22.6 Å². The summed E-state index contributed by atoms with van der Waals surface area (Å²) in [6, 6.07) is 13.7. The zero-order chi connectivity index (χ0) is 18.1. The van der Waals surface area contributed by atoms with E-state index in [2.05, 4.69) is 33.8 Å². The van der Waals surface area contributed by atoms with Crippen molar-refractivity contribution in [3.63, 3.8) is 0 Å². The number of carbonyl (C=O) groups excluding carboxylic acids is 1. The van der Waals surface area contributed by atoms with Crippen LogP contribution in [0.2, 0.25) is 0 Å². The van der Waals surface area contributed by atoms with Crippen LogP contribution in [0.3, 0.4) is 0 Å². The van der Waals surface area contributed by atoms with Gasteiger partial charge in [0.2, 0.25) is 5.91 Å². The van der Waals surface area contributed by atoms with Gasteiger partial charge in [-0.3, -0.25) is 4.79 Å². The van der Waals surface area contributed by atoms with Crippen molar-refractivity contribution >= 4 is 28.5 Å². The Morgan fingerprint density at radius 2 is 1.88 bits per heavy atom. The second-order valence-corrected chi connectivity index (χ2v) is 6.63. The van der Waals surface area contributed by atoms with Crippen molar-refractivity contribution in [1.29, 1.82) is 0 Å². The van der Waals surface area contributed by atoms with Gasteiger partial charge in [-0.05, 0) is 64.4 Å². The Kier molecular flexibility index (Phi) is 7.61. The van der Waals surface area contributed by atoms with E-state index in [1.165, 1.54) is 3.57 Å². The molecule has 0 unspecified atom stereocenters. The largest absolute Gasteiger partial charge is 0.493 e. The van der Waals surface area contributed by atoms with Crippen LogP contribution in [0.5, 0.6) is 11.5 Å². The third-order valence-electron chi connectivity index (χ3n) is 3.58. The summed E-state index contributed by atoms with van der Waals surface area (Å²) in [5.41, 5.74) is 2.10. The van der Waals surface area contributed by atoms with E-state index in [-0.39, 0.29) is 12.5 Å². The molecule has 0 aromatic heterocycles. The molecule has 1 N–H and O–H groups in total. The van der Waals surface area contributed by atoms with Crippen LogP contribution in [0.25, 0.3) is 0 Å². The lowest BCUT2D eigenvalue weighted by atomic mass is 10.1. The maximum absolute atomic E-state index is 12.0. The van der Waals surface area contributed by atoms with Crippen LogP contribution in [0, 0.1) is 15.9 Å². The zero-order valence-electron chi connectivity index (χ0n) is 14.0. The van der Waals surface area contributed by atoms with Gasteiger partial charge in [0.25, 0.3) is 0 Å². The van der Waals surface area contributed by atoms with Crippen LogP contribution in [0.1, 0.15) is 17.5 Å². The Bertz CT molecular complexity index is 751. The Morgan fingerprint density at radius 3 is 2.56 bits per heavy atom. The van der Waals surface area contributed by atoms with E-state index in [1.54, 1.807) is 7.11 Å². The van der Waals surface area contributed by atoms with Gasteiger partial charge in [0, 0.05) is 16.5 Å². The number of hydrogen-bond acceptors (Lipinski definition) is 3. The van der Waals surface area contributed by atoms with Crippen LogP contribution in [-0.2, 0) is 17.8 Å². The number of aryl methyl sites for hydroxylation is 1. The van der Waals surface area contributed by atoms with Gasteiger partial charge >= 0.3 is 0 Å². The molecule has 2 rings (SSSR count). The molecule has 0 spiro atoms. The van der Waals surface area contributed by atoms with E-state index in [0.717, 1.165) is 11.1 Å². The standard InChI is InChI=1S/C20H20INO3/c1-3-12-25-18-10-6-15(13-19(18)24-2)7-11-20(23)22-14-16-4-8-17(21)9-5-16/h1,4-6,8-10,13H,7,11-12,14H2,2H3,(H,22,23). The molecule has 0 atom stereocenters. The highest BCUT2D eigenvalue weighted by molar-refractivity contribution is 14.1. The minimum absolute atomic E-state index is 0.0187. The van der Waals surface area contributed by atoms with Crippen molar-refractivity contribution in [3.05, 3.63) is 57.2 Å². The van der Waals surface area contributed by atoms with E-state index >= 15 is 0 Å². The second kappa shape index (κ2) is 9.94. The fourth-order valence-corrected chi connectivity index (χ4v) is 2.61. The Balaban J connectivity index is 1.84. The van der Waals surface area contributed by atoms with E-state index in [1.807, 2.05) is 42.5 Å². The van der Waals surface area contributed by atoms with Crippen molar-refractivity contribution < 1.29 is 14.3 Å². The number of carbonyl (C=O) groups is 1. The molecule has 130 valence electrons. The fraction of sp³-hybridized carbons (Fsp3) is 0.250. The quantitative estimate of drug-likeness (QED) is 0.496. The highest BCUT2D eigenvalue weighted by atomic mass is 127. The van der Waals surface area contributed by atoms with Gasteiger partial charge in [-0.15, -0.1) is 6.42 Å². The monoisotopic (exact) mass is 449 g/mol. The lowest BCUT2D eigenvalue weighted by molar-refractivity contribution is -0.121. The first-order chi connectivity index (χ1) is 12.1. The Labute approximate surface area is 162 Å². The Morgan fingerprint density at radius 1 is 1.16 bits per heavy atom. The zero-order valence-corrected chi connectivity index (χ0v) is 16.2. The average Bonchev–Trinajstić information content (AvgIpc) is 2.64. The molecule has 2 aromatic carbocycles. The number of ether oxygens (including phenoxy) is 2. The first-order valence-corrected chi connectivity index (χ1v) is 8.94. The number of methoxy groups -OCH3 is 1. The molecule has 0 saturated heterocycles. The maximum Gasteiger partial charge on any atom is 0.220 e. The summed E-state index contributed by atoms with van der Waals surface area (Å²) in [6.07, 6.45) is 6.24. The summed E-state index contributed by atoms with van der Waals surface area (Å²) in [7, 11) is 1.58. The van der Waals surface area contributed by atoms with Crippen molar-refractivity contribution in [2.75, 3.05) is 13.7 Å². The molecule has 0 radical (unpaired) electrons. The maximum atomic E-state index is 12.0. The molecule has 5 heteroatoms. The SMILES string of the molecule is C#CCOc1ccc(CCC(=O)NCc2ccc(I)cc2)cc1OC. The number of nitrogens with one attached hydrogen (secondary N) is 1. The number of halogens is 1.